The van der Waals surface area contributed by atoms with Gasteiger partial charge in [-0.05, 0) is 59.7 Å². The molecule has 0 atom stereocenters. The van der Waals surface area contributed by atoms with Crippen LogP contribution in [0, 0.1) is 29.1 Å². The molecule has 1 aliphatic rings. The summed E-state index contributed by atoms with van der Waals surface area (Å²) in [7, 11) is 0. The maximum Gasteiger partial charge on any atom is 0.432 e. The molecule has 0 bridgehead atoms. The van der Waals surface area contributed by atoms with Crippen molar-refractivity contribution in [3.05, 3.63) is 88.7 Å². The minimum Gasteiger partial charge on any atom is -0.425 e. The monoisotopic (exact) mass is 454 g/mol. The second-order valence-corrected chi connectivity index (χ2v) is 7.71. The van der Waals surface area contributed by atoms with Gasteiger partial charge < -0.3 is 4.74 Å². The first-order valence-electron chi connectivity index (χ1n) is 9.97. The number of hydrogen-bond acceptors (Lipinski definition) is 1. The SMILES string of the molecule is Fc1ccc(OC(F)(F)c2c(F)cc(-c3ccc(C4CCCC4)cc3)cc2F)c(F)c1F. The van der Waals surface area contributed by atoms with Gasteiger partial charge in [-0.2, -0.15) is 13.2 Å². The minimum atomic E-state index is -4.69. The number of rotatable bonds is 5. The lowest BCUT2D eigenvalue weighted by Gasteiger charge is -2.20. The highest BCUT2D eigenvalue weighted by atomic mass is 19.3. The van der Waals surface area contributed by atoms with Crippen LogP contribution in [-0.2, 0) is 6.11 Å². The molecule has 0 aliphatic heterocycles. The van der Waals surface area contributed by atoms with Crippen LogP contribution in [0.1, 0.15) is 42.7 Å². The highest BCUT2D eigenvalue weighted by Gasteiger charge is 2.42. The normalized spacial score (nSPS) is 14.7. The fourth-order valence-electron chi connectivity index (χ4n) is 4.00. The predicted molar refractivity (Wildman–Crippen MR) is 104 cm³/mol. The van der Waals surface area contributed by atoms with Crippen LogP contribution in [0.25, 0.3) is 11.1 Å². The average Bonchev–Trinajstić information content (AvgIpc) is 3.28. The summed E-state index contributed by atoms with van der Waals surface area (Å²) >= 11 is 0. The molecule has 1 fully saturated rings. The van der Waals surface area contributed by atoms with Crippen molar-refractivity contribution in [1.82, 2.24) is 0 Å². The molecule has 3 aromatic rings. The lowest BCUT2D eigenvalue weighted by molar-refractivity contribution is -0.191. The summed E-state index contributed by atoms with van der Waals surface area (Å²) in [5.41, 5.74) is -0.214. The van der Waals surface area contributed by atoms with Crippen LogP contribution in [0.4, 0.5) is 30.7 Å². The largest absolute Gasteiger partial charge is 0.432 e. The van der Waals surface area contributed by atoms with Crippen molar-refractivity contribution < 1.29 is 35.5 Å². The van der Waals surface area contributed by atoms with Crippen molar-refractivity contribution in [1.29, 1.82) is 0 Å². The van der Waals surface area contributed by atoms with E-state index in [-0.39, 0.29) is 5.56 Å². The molecule has 0 spiro atoms. The zero-order chi connectivity index (χ0) is 23.0. The van der Waals surface area contributed by atoms with Crippen molar-refractivity contribution in [2.24, 2.45) is 0 Å². The van der Waals surface area contributed by atoms with E-state index in [2.05, 4.69) is 4.74 Å². The number of ether oxygens (including phenoxy) is 1. The Kier molecular flexibility index (Phi) is 5.88. The van der Waals surface area contributed by atoms with Gasteiger partial charge in [0, 0.05) is 0 Å². The lowest BCUT2D eigenvalue weighted by atomic mass is 9.94. The Morgan fingerprint density at radius 3 is 1.88 bits per heavy atom. The van der Waals surface area contributed by atoms with E-state index in [9.17, 15) is 30.7 Å². The van der Waals surface area contributed by atoms with Gasteiger partial charge in [0.05, 0.1) is 0 Å². The molecule has 8 heteroatoms. The third kappa shape index (κ3) is 4.18. The van der Waals surface area contributed by atoms with E-state index >= 15 is 0 Å². The van der Waals surface area contributed by atoms with Crippen LogP contribution >= 0.6 is 0 Å². The van der Waals surface area contributed by atoms with Crippen LogP contribution < -0.4 is 4.74 Å². The van der Waals surface area contributed by atoms with E-state index in [1.165, 1.54) is 0 Å². The topological polar surface area (TPSA) is 9.23 Å². The van der Waals surface area contributed by atoms with E-state index in [0.29, 0.717) is 35.7 Å². The van der Waals surface area contributed by atoms with Gasteiger partial charge in [0.2, 0.25) is 5.82 Å². The first kappa shape index (κ1) is 22.2. The molecule has 32 heavy (non-hydrogen) atoms. The Hall–Kier alpha value is -3.03. The van der Waals surface area contributed by atoms with Gasteiger partial charge in [-0.15, -0.1) is 0 Å². The van der Waals surface area contributed by atoms with E-state index in [1.807, 2.05) is 12.1 Å². The first-order chi connectivity index (χ1) is 15.2. The molecule has 168 valence electrons. The fourth-order valence-corrected chi connectivity index (χ4v) is 4.00. The van der Waals surface area contributed by atoms with Crippen LogP contribution in [0.5, 0.6) is 5.75 Å². The smallest absolute Gasteiger partial charge is 0.425 e. The van der Waals surface area contributed by atoms with E-state index in [1.54, 1.807) is 12.1 Å². The quantitative estimate of drug-likeness (QED) is 0.282. The molecule has 0 N–H and O–H groups in total. The van der Waals surface area contributed by atoms with E-state index < -0.39 is 46.5 Å². The molecule has 0 amide bonds. The first-order valence-corrected chi connectivity index (χ1v) is 9.97. The molecular weight excluding hydrogens is 437 g/mol. The van der Waals surface area contributed by atoms with Gasteiger partial charge >= 0.3 is 6.11 Å². The van der Waals surface area contributed by atoms with E-state index in [0.717, 1.165) is 31.2 Å². The molecule has 1 nitrogen and oxygen atoms in total. The number of halogens is 7. The van der Waals surface area contributed by atoms with Crippen LogP contribution in [0.15, 0.2) is 48.5 Å². The molecule has 0 unspecified atom stereocenters. The maximum absolute atomic E-state index is 14.5. The Morgan fingerprint density at radius 2 is 1.28 bits per heavy atom. The highest BCUT2D eigenvalue weighted by Crippen LogP contribution is 2.39. The molecular formula is C24H17F7O. The lowest BCUT2D eigenvalue weighted by Crippen LogP contribution is -2.26. The number of alkyl halides is 2. The summed E-state index contributed by atoms with van der Waals surface area (Å²) in [6, 6.07) is 9.19. The summed E-state index contributed by atoms with van der Waals surface area (Å²) in [6.07, 6.45) is -0.246. The van der Waals surface area contributed by atoms with Gasteiger partial charge in [0.25, 0.3) is 0 Å². The van der Waals surface area contributed by atoms with Gasteiger partial charge in [0.1, 0.15) is 17.2 Å². The van der Waals surface area contributed by atoms with Crippen LogP contribution in [0.2, 0.25) is 0 Å². The van der Waals surface area contributed by atoms with E-state index in [4.69, 9.17) is 0 Å². The molecule has 3 aromatic carbocycles. The summed E-state index contributed by atoms with van der Waals surface area (Å²) < 4.78 is 102. The molecule has 4 rings (SSSR count). The minimum absolute atomic E-state index is 0.0246. The molecule has 1 saturated carbocycles. The summed E-state index contributed by atoms with van der Waals surface area (Å²) in [6.45, 7) is 0. The molecule has 0 aromatic heterocycles. The molecule has 0 radical (unpaired) electrons. The fraction of sp³-hybridized carbons (Fsp3) is 0.250. The molecule has 1 aliphatic carbocycles. The summed E-state index contributed by atoms with van der Waals surface area (Å²) in [5.74, 6) is -9.92. The molecule has 0 saturated heterocycles. The van der Waals surface area contributed by atoms with Gasteiger partial charge in [-0.3, -0.25) is 0 Å². The van der Waals surface area contributed by atoms with Crippen LogP contribution in [-0.4, -0.2) is 0 Å². The third-order valence-electron chi connectivity index (χ3n) is 5.64. The van der Waals surface area contributed by atoms with Crippen molar-refractivity contribution in [3.63, 3.8) is 0 Å². The Labute approximate surface area is 179 Å². The van der Waals surface area contributed by atoms with Crippen molar-refractivity contribution in [3.8, 4) is 16.9 Å². The van der Waals surface area contributed by atoms with Crippen LogP contribution in [0.3, 0.4) is 0 Å². The number of benzene rings is 3. The van der Waals surface area contributed by atoms with Gasteiger partial charge in [0.15, 0.2) is 17.4 Å². The summed E-state index contributed by atoms with van der Waals surface area (Å²) in [5, 5.41) is 0. The summed E-state index contributed by atoms with van der Waals surface area (Å²) in [4.78, 5) is 0. The second-order valence-electron chi connectivity index (χ2n) is 7.71. The van der Waals surface area contributed by atoms with Crippen molar-refractivity contribution >= 4 is 0 Å². The average molecular weight is 454 g/mol. The maximum atomic E-state index is 14.5. The van der Waals surface area contributed by atoms with Crippen molar-refractivity contribution in [2.75, 3.05) is 0 Å². The Morgan fingerprint density at radius 1 is 0.688 bits per heavy atom. The predicted octanol–water partition coefficient (Wildman–Crippen LogP) is 7.84. The van der Waals surface area contributed by atoms with Crippen molar-refractivity contribution in [2.45, 2.75) is 37.7 Å². The zero-order valence-corrected chi connectivity index (χ0v) is 16.6. The Bertz CT molecular complexity index is 1110. The third-order valence-corrected chi connectivity index (χ3v) is 5.64. The molecule has 0 heterocycles. The van der Waals surface area contributed by atoms with Gasteiger partial charge in [-0.25, -0.2) is 17.6 Å². The zero-order valence-electron chi connectivity index (χ0n) is 16.6. The standard InChI is InChI=1S/C24H17F7O/c25-17-9-10-20(23(29)22(17)28)32-24(30,31)21-18(26)11-16(12-19(21)27)15-7-5-14(6-8-15)13-3-1-2-4-13/h5-13H,1-4H2. The Balaban J connectivity index is 1.63. The van der Waals surface area contributed by atoms with Gasteiger partial charge in [-0.1, -0.05) is 37.1 Å². The number of hydrogen-bond donors (Lipinski definition) is 0. The second kappa shape index (κ2) is 8.48. The highest BCUT2D eigenvalue weighted by molar-refractivity contribution is 5.64.